The first kappa shape index (κ1) is 55.0. The highest BCUT2D eigenvalue weighted by Gasteiger charge is 2.25. The molecule has 0 fully saturated rings. The Balaban J connectivity index is 0.787. The van der Waals surface area contributed by atoms with Crippen LogP contribution in [0.15, 0.2) is 340 Å². The van der Waals surface area contributed by atoms with E-state index in [1.165, 1.54) is 115 Å². The van der Waals surface area contributed by atoms with Crippen molar-refractivity contribution in [1.29, 1.82) is 0 Å². The van der Waals surface area contributed by atoms with Crippen LogP contribution in [-0.2, 0) is 0 Å². The maximum atomic E-state index is 2.49. The van der Waals surface area contributed by atoms with Gasteiger partial charge in [-0.1, -0.05) is 200 Å². The zero-order chi connectivity index (χ0) is 63.5. The predicted molar refractivity (Wildman–Crippen MR) is 406 cm³/mol. The first-order chi connectivity index (χ1) is 47.5. The monoisotopic (exact) mass is 1230 g/mol. The Kier molecular flexibility index (Phi) is 12.6. The number of hydrogen-bond donors (Lipinski definition) is 0. The minimum absolute atomic E-state index is 1.05. The molecule has 0 aliphatic heterocycles. The number of hydrogen-bond acceptors (Lipinski definition) is 2. The topological polar surface area (TPSA) is 26.2 Å². The summed E-state index contributed by atoms with van der Waals surface area (Å²) in [6.45, 7) is 4.58. The molecule has 0 saturated carbocycles. The third-order valence-corrected chi connectivity index (χ3v) is 19.9. The summed E-state index contributed by atoms with van der Waals surface area (Å²) in [6, 6.07) is 125. The first-order valence-electron chi connectivity index (χ1n) is 33.1. The van der Waals surface area contributed by atoms with Gasteiger partial charge in [0.05, 0.1) is 49.8 Å². The molecule has 0 spiro atoms. The van der Waals surface area contributed by atoms with Crippen molar-refractivity contribution in [3.8, 4) is 33.9 Å². The highest BCUT2D eigenvalue weighted by Crippen LogP contribution is 2.48. The van der Waals surface area contributed by atoms with Crippen LogP contribution in [0.1, 0.15) is 11.1 Å². The van der Waals surface area contributed by atoms with Crippen LogP contribution in [0.3, 0.4) is 0 Å². The van der Waals surface area contributed by atoms with Crippen molar-refractivity contribution in [3.05, 3.63) is 351 Å². The molecule has 96 heavy (non-hydrogen) atoms. The van der Waals surface area contributed by atoms with Gasteiger partial charge in [0, 0.05) is 99.7 Å². The summed E-state index contributed by atoms with van der Waals surface area (Å²) in [5.74, 6) is 0. The van der Waals surface area contributed by atoms with Gasteiger partial charge in [-0.25, -0.2) is 0 Å². The molecule has 15 aromatic carbocycles. The molecule has 6 nitrogen and oxygen atoms in total. The zero-order valence-corrected chi connectivity index (χ0v) is 53.0. The van der Waals surface area contributed by atoms with Gasteiger partial charge in [0.15, 0.2) is 0 Å². The molecule has 4 heterocycles. The molecule has 4 aromatic heterocycles. The number of aromatic nitrogens is 4. The number of nitrogens with zero attached hydrogens (tertiary/aromatic N) is 6. The fourth-order valence-corrected chi connectivity index (χ4v) is 15.9. The van der Waals surface area contributed by atoms with Crippen molar-refractivity contribution in [2.24, 2.45) is 0 Å². The standard InChI is InChI=1S/C90H62N6/c1-59-53-69(91(61-25-21-29-65(55-61)93-81-43-13-5-33-71(81)72-34-6-14-44-82(72)93)62-26-22-30-66(56-62)94-83-45-15-7-35-73(83)74-36-8-16-46-84(74)94)51-52-70(59)90-60(2)54-89(79-41-3-4-42-80(79)90)92(63-27-23-31-67(57-63)95-85-47-17-9-37-75(85)76-38-10-18-48-86(76)95)64-28-24-32-68(58-64)96-87-49-19-11-39-77(87)78-40-12-20-50-88(78)96/h3-58H,1-2H3. The van der Waals surface area contributed by atoms with E-state index < -0.39 is 0 Å². The maximum Gasteiger partial charge on any atom is 0.0543 e. The minimum Gasteiger partial charge on any atom is -0.310 e. The van der Waals surface area contributed by atoms with Crippen molar-refractivity contribution in [3.63, 3.8) is 0 Å². The highest BCUT2D eigenvalue weighted by molar-refractivity contribution is 6.14. The molecule has 0 saturated heterocycles. The van der Waals surface area contributed by atoms with E-state index >= 15 is 0 Å². The van der Waals surface area contributed by atoms with Crippen LogP contribution >= 0.6 is 0 Å². The molecule has 6 heteroatoms. The third kappa shape index (κ3) is 8.59. The van der Waals surface area contributed by atoms with E-state index in [1.807, 2.05) is 0 Å². The summed E-state index contributed by atoms with van der Waals surface area (Å²) in [7, 11) is 0. The Bertz CT molecular complexity index is 5820. The molecule has 0 amide bonds. The molecule has 0 aliphatic rings. The van der Waals surface area contributed by atoms with E-state index in [0.29, 0.717) is 0 Å². The van der Waals surface area contributed by atoms with E-state index in [1.54, 1.807) is 0 Å². The Hall–Kier alpha value is -12.6. The molecule has 0 radical (unpaired) electrons. The van der Waals surface area contributed by atoms with Crippen molar-refractivity contribution in [1.82, 2.24) is 18.3 Å². The molecule has 0 N–H and O–H groups in total. The lowest BCUT2D eigenvalue weighted by molar-refractivity contribution is 1.16. The van der Waals surface area contributed by atoms with Crippen LogP contribution in [0.4, 0.5) is 34.1 Å². The van der Waals surface area contributed by atoms with Gasteiger partial charge in [-0.2, -0.15) is 0 Å². The van der Waals surface area contributed by atoms with Crippen molar-refractivity contribution in [2.45, 2.75) is 13.8 Å². The van der Waals surface area contributed by atoms with Crippen molar-refractivity contribution in [2.75, 3.05) is 9.80 Å². The zero-order valence-electron chi connectivity index (χ0n) is 53.0. The van der Waals surface area contributed by atoms with Gasteiger partial charge in [-0.15, -0.1) is 0 Å². The maximum absolute atomic E-state index is 2.49. The van der Waals surface area contributed by atoms with Crippen molar-refractivity contribution < 1.29 is 0 Å². The van der Waals surface area contributed by atoms with Gasteiger partial charge in [0.1, 0.15) is 0 Å². The lowest BCUT2D eigenvalue weighted by Gasteiger charge is -2.30. The summed E-state index contributed by atoms with van der Waals surface area (Å²) < 4.78 is 9.68. The second kappa shape index (κ2) is 22.0. The number of rotatable bonds is 11. The molecule has 0 unspecified atom stereocenters. The van der Waals surface area contributed by atoms with Gasteiger partial charge in [-0.3, -0.25) is 0 Å². The van der Waals surface area contributed by atoms with E-state index in [2.05, 4.69) is 382 Å². The van der Waals surface area contributed by atoms with Crippen LogP contribution in [0.5, 0.6) is 0 Å². The quantitative estimate of drug-likeness (QED) is 0.129. The summed E-state index contributed by atoms with van der Waals surface area (Å²) in [5.41, 5.74) is 24.9. The average molecular weight is 1230 g/mol. The predicted octanol–water partition coefficient (Wildman–Crippen LogP) is 24.5. The van der Waals surface area contributed by atoms with E-state index in [9.17, 15) is 0 Å². The first-order valence-corrected chi connectivity index (χ1v) is 33.1. The molecule has 19 aromatic rings. The summed E-state index contributed by atoms with van der Waals surface area (Å²) in [4.78, 5) is 4.93. The van der Waals surface area contributed by atoms with Gasteiger partial charge in [-0.05, 0) is 181 Å². The van der Waals surface area contributed by atoms with Crippen molar-refractivity contribution >= 4 is 132 Å². The Labute approximate surface area is 555 Å². The van der Waals surface area contributed by atoms with Crippen LogP contribution in [0.25, 0.3) is 132 Å². The summed E-state index contributed by atoms with van der Waals surface area (Å²) in [5, 5.41) is 12.2. The lowest BCUT2D eigenvalue weighted by atomic mass is 9.89. The molecule has 0 aliphatic carbocycles. The smallest absolute Gasteiger partial charge is 0.0543 e. The molecule has 0 atom stereocenters. The number of benzene rings is 15. The normalized spacial score (nSPS) is 11.9. The molecular formula is C90H62N6. The second-order valence-corrected chi connectivity index (χ2v) is 25.4. The third-order valence-electron chi connectivity index (χ3n) is 19.9. The number of aryl methyl sites for hydroxylation is 2. The molecule has 452 valence electrons. The van der Waals surface area contributed by atoms with Crippen LogP contribution < -0.4 is 9.80 Å². The van der Waals surface area contributed by atoms with Gasteiger partial charge >= 0.3 is 0 Å². The molecule has 19 rings (SSSR count). The largest absolute Gasteiger partial charge is 0.310 e. The average Bonchev–Trinajstić information content (AvgIpc) is 1.13. The Morgan fingerprint density at radius 1 is 0.198 bits per heavy atom. The van der Waals surface area contributed by atoms with Gasteiger partial charge in [0.25, 0.3) is 0 Å². The SMILES string of the molecule is Cc1cc(N(c2cccc(-n3c4ccccc4c4ccccc43)c2)c2cccc(-n3c4ccccc4c4ccccc43)c2)ccc1-c1c(C)cc(N(c2cccc(-n3c4ccccc4c4ccccc43)c2)c2cccc(-n3c4ccccc4c4ccccc43)c2)c2ccccc12. The lowest BCUT2D eigenvalue weighted by Crippen LogP contribution is -2.13. The minimum atomic E-state index is 1.05. The Morgan fingerprint density at radius 3 is 0.760 bits per heavy atom. The van der Waals surface area contributed by atoms with Crippen LogP contribution in [0.2, 0.25) is 0 Å². The van der Waals surface area contributed by atoms with E-state index in [-0.39, 0.29) is 0 Å². The van der Waals surface area contributed by atoms with Gasteiger partial charge in [0.2, 0.25) is 0 Å². The number of fused-ring (bicyclic) bond motifs is 13. The van der Waals surface area contributed by atoms with Crippen LogP contribution in [0, 0.1) is 13.8 Å². The number of para-hydroxylation sites is 8. The molecule has 0 bridgehead atoms. The summed E-state index contributed by atoms with van der Waals surface area (Å²) >= 11 is 0. The fraction of sp³-hybridized carbons (Fsp3) is 0.0222. The fourth-order valence-electron chi connectivity index (χ4n) is 15.9. The second-order valence-electron chi connectivity index (χ2n) is 25.4. The Morgan fingerprint density at radius 2 is 0.458 bits per heavy atom. The van der Waals surface area contributed by atoms with E-state index in [4.69, 9.17) is 0 Å². The summed E-state index contributed by atoms with van der Waals surface area (Å²) in [6.07, 6.45) is 0. The van der Waals surface area contributed by atoms with Crippen LogP contribution in [-0.4, -0.2) is 18.3 Å². The highest BCUT2D eigenvalue weighted by atomic mass is 15.2. The number of anilines is 6. The van der Waals surface area contributed by atoms with Gasteiger partial charge < -0.3 is 28.1 Å². The molecular weight excluding hydrogens is 1170 g/mol. The van der Waals surface area contributed by atoms with E-state index in [0.717, 1.165) is 62.3 Å².